The molecule has 0 aromatic carbocycles. The molecule has 0 radical (unpaired) electrons. The van der Waals surface area contributed by atoms with Crippen molar-refractivity contribution >= 4 is 72.6 Å². The molecule has 570 valence electrons. The van der Waals surface area contributed by atoms with Crippen LogP contribution < -0.4 is 42.5 Å². The van der Waals surface area contributed by atoms with Gasteiger partial charge in [-0.25, -0.2) is 57.5 Å². The van der Waals surface area contributed by atoms with E-state index < -0.39 is 148 Å². The molecule has 8 N–H and O–H groups in total. The molecule has 0 rings (SSSR count). The monoisotopic (exact) mass is 1460 g/mol. The Balaban J connectivity index is 7.65. The van der Waals surface area contributed by atoms with Crippen LogP contribution >= 0.6 is 0 Å². The third kappa shape index (κ3) is 49.1. The van der Waals surface area contributed by atoms with Crippen molar-refractivity contribution in [2.45, 2.75) is 153 Å². The average Bonchev–Trinajstić information content (AvgIpc) is 0.890. The van der Waals surface area contributed by atoms with Gasteiger partial charge >= 0.3 is 72.6 Å². The number of esters is 4. The highest BCUT2D eigenvalue weighted by molar-refractivity contribution is 5.83. The molecule has 0 aromatic heterocycles. The minimum Gasteiger partial charge on any atom is -0.460 e. The molecule has 0 spiro atoms. The van der Waals surface area contributed by atoms with Gasteiger partial charge in [-0.2, -0.15) is 0 Å². The van der Waals surface area contributed by atoms with Gasteiger partial charge < -0.3 is 99.4 Å². The molecule has 0 bridgehead atoms. The Morgan fingerprint density at radius 3 is 0.625 bits per heavy atom. The summed E-state index contributed by atoms with van der Waals surface area (Å²) >= 11 is 0. The zero-order valence-corrected chi connectivity index (χ0v) is 59.1. The van der Waals surface area contributed by atoms with Crippen molar-refractivity contribution in [2.75, 3.05) is 118 Å². The summed E-state index contributed by atoms with van der Waals surface area (Å²) in [5, 5.41) is 19.9. The fraction of sp³-hybridized carbons (Fsp3) is 0.600. The second-order valence-corrected chi connectivity index (χ2v) is 22.2. The number of nitrogens with zero attached hydrogens (tertiary/aromatic N) is 2. The van der Waals surface area contributed by atoms with Gasteiger partial charge in [-0.3, -0.25) is 9.80 Å². The van der Waals surface area contributed by atoms with E-state index in [0.717, 1.165) is 0 Å². The molecule has 0 heterocycles. The van der Waals surface area contributed by atoms with E-state index in [0.29, 0.717) is 25.7 Å². The lowest BCUT2D eigenvalue weighted by Crippen LogP contribution is -2.49. The van der Waals surface area contributed by atoms with Gasteiger partial charge in [0, 0.05) is 65.4 Å². The van der Waals surface area contributed by atoms with Gasteiger partial charge in [-0.1, -0.05) is 47.4 Å². The number of hydrogen-bond donors (Lipinski definition) is 8. The van der Waals surface area contributed by atoms with Gasteiger partial charge in [0.1, 0.15) is 48.6 Å². The van der Waals surface area contributed by atoms with Crippen molar-refractivity contribution in [2.24, 2.45) is 0 Å². The first-order valence-electron chi connectivity index (χ1n) is 33.0. The van der Waals surface area contributed by atoms with E-state index in [1.807, 2.05) is 0 Å². The summed E-state index contributed by atoms with van der Waals surface area (Å²) in [6.07, 6.45) is 32.4. The lowest BCUT2D eigenvalue weighted by molar-refractivity contribution is -0.155. The number of hydrogen-bond acceptors (Lipinski definition) is 26. The van der Waals surface area contributed by atoms with Gasteiger partial charge in [0.05, 0.1) is 0 Å². The number of unbranched alkanes of at least 4 members (excludes halogenated alkanes) is 4. The highest BCUT2D eigenvalue weighted by Crippen LogP contribution is 2.14. The summed E-state index contributed by atoms with van der Waals surface area (Å²) in [6.45, 7) is 3.14. The minimum absolute atomic E-state index is 0.0239. The molecule has 34 nitrogen and oxygen atoms in total. The van der Waals surface area contributed by atoms with Crippen LogP contribution in [-0.2, 0) is 76.0 Å². The number of ether oxygens (including phenoxy) is 12. The van der Waals surface area contributed by atoms with Gasteiger partial charge in [0.25, 0.3) is 0 Å². The van der Waals surface area contributed by atoms with E-state index in [1.165, 1.54) is 27.7 Å². The molecule has 0 aliphatic carbocycles. The number of terminal acetylenes is 8. The van der Waals surface area contributed by atoms with Crippen molar-refractivity contribution in [3.05, 3.63) is 0 Å². The fourth-order valence-electron chi connectivity index (χ4n) is 8.97. The normalized spacial score (nSPS) is 12.5. The van der Waals surface area contributed by atoms with Crippen LogP contribution in [0.1, 0.15) is 105 Å². The lowest BCUT2D eigenvalue weighted by Gasteiger charge is -2.33. The molecule has 0 saturated heterocycles. The topological polar surface area (TPSA) is 418 Å². The molecule has 0 aliphatic heterocycles. The molecular weight excluding hydrogens is 1360 g/mol. The summed E-state index contributed by atoms with van der Waals surface area (Å²) in [7, 11) is 0. The van der Waals surface area contributed by atoms with Crippen LogP contribution in [0.3, 0.4) is 0 Å². The van der Waals surface area contributed by atoms with Gasteiger partial charge in [-0.15, -0.1) is 51.4 Å². The third-order valence-electron chi connectivity index (χ3n) is 13.4. The number of carbonyl (C=O) groups is 12. The maximum Gasteiger partial charge on any atom is 0.408 e. The average molecular weight is 1460 g/mol. The van der Waals surface area contributed by atoms with Crippen LogP contribution in [0, 0.1) is 98.8 Å². The quantitative estimate of drug-likeness (QED) is 0.0187. The van der Waals surface area contributed by atoms with Crippen molar-refractivity contribution < 1.29 is 114 Å². The molecule has 0 aromatic rings. The maximum absolute atomic E-state index is 14.1. The Hall–Kier alpha value is -11.6. The molecule has 8 amide bonds. The predicted molar refractivity (Wildman–Crippen MR) is 372 cm³/mol. The van der Waals surface area contributed by atoms with E-state index in [1.54, 1.807) is 9.80 Å². The highest BCUT2D eigenvalue weighted by atomic mass is 16.6. The fourth-order valence-corrected chi connectivity index (χ4v) is 8.97. The molecule has 8 atom stereocenters. The molecule has 8 unspecified atom stereocenters. The summed E-state index contributed by atoms with van der Waals surface area (Å²) in [6, 6.07) is -5.30. The number of rotatable bonds is 51. The van der Waals surface area contributed by atoms with Crippen LogP contribution in [-0.4, -0.2) is 249 Å². The SMILES string of the molecule is C#CCOC(=O)NCCCCC(NC(=O)OCC#C)C(=O)OC(C)CN(CCN(CC(C)OC(=O)C(CCCCNC(=O)OCC#C)NC(=O)OCC#C)CC(C)OC(=O)C(CCCCNC(=O)OCC#C)NC(=O)OCC#C)CC(C)OC(=O)C(CCCCNC(=O)OCC#C)NC(=O)OCC#C. The molecule has 0 saturated carbocycles. The number of alkyl carbamates (subject to hydrolysis) is 8. The summed E-state index contributed by atoms with van der Waals surface area (Å²) in [4.78, 5) is 159. The zero-order valence-electron chi connectivity index (χ0n) is 59.1. The predicted octanol–water partition coefficient (Wildman–Crippen LogP) is 2.35. The van der Waals surface area contributed by atoms with Crippen LogP contribution in [0.25, 0.3) is 0 Å². The van der Waals surface area contributed by atoms with Crippen molar-refractivity contribution in [3.63, 3.8) is 0 Å². The molecular formula is C70H96N10O24. The van der Waals surface area contributed by atoms with E-state index in [9.17, 15) is 57.5 Å². The van der Waals surface area contributed by atoms with Crippen LogP contribution in [0.15, 0.2) is 0 Å². The number of carbonyl (C=O) groups excluding carboxylic acids is 12. The first-order valence-corrected chi connectivity index (χ1v) is 33.0. The van der Waals surface area contributed by atoms with E-state index in [2.05, 4.69) is 89.9 Å². The second kappa shape index (κ2) is 59.2. The third-order valence-corrected chi connectivity index (χ3v) is 13.4. The van der Waals surface area contributed by atoms with Gasteiger partial charge in [-0.05, 0) is 105 Å². The van der Waals surface area contributed by atoms with E-state index in [-0.39, 0.29) is 143 Å². The Bertz CT molecular complexity index is 2660. The summed E-state index contributed by atoms with van der Waals surface area (Å²) in [5.41, 5.74) is 0. The Morgan fingerprint density at radius 1 is 0.279 bits per heavy atom. The molecule has 0 aliphatic rings. The molecule has 0 fully saturated rings. The minimum atomic E-state index is -1.32. The molecule has 104 heavy (non-hydrogen) atoms. The van der Waals surface area contributed by atoms with E-state index in [4.69, 9.17) is 108 Å². The first-order chi connectivity index (χ1) is 49.9. The van der Waals surface area contributed by atoms with Gasteiger partial charge in [0.2, 0.25) is 0 Å². The van der Waals surface area contributed by atoms with Crippen molar-refractivity contribution in [3.8, 4) is 98.8 Å². The van der Waals surface area contributed by atoms with Crippen molar-refractivity contribution in [1.82, 2.24) is 52.3 Å². The number of nitrogens with one attached hydrogen (secondary N) is 8. The zero-order chi connectivity index (χ0) is 77.7. The van der Waals surface area contributed by atoms with Crippen molar-refractivity contribution in [1.29, 1.82) is 0 Å². The van der Waals surface area contributed by atoms with Gasteiger partial charge in [0.15, 0.2) is 52.9 Å². The summed E-state index contributed by atoms with van der Waals surface area (Å²) in [5.74, 6) is 13.6. The molecule has 34 heteroatoms. The smallest absolute Gasteiger partial charge is 0.408 e. The summed E-state index contributed by atoms with van der Waals surface area (Å²) < 4.78 is 63.0. The highest BCUT2D eigenvalue weighted by Gasteiger charge is 2.32. The Labute approximate surface area is 607 Å². The lowest BCUT2D eigenvalue weighted by atomic mass is 10.1. The van der Waals surface area contributed by atoms with Crippen LogP contribution in [0.2, 0.25) is 0 Å². The van der Waals surface area contributed by atoms with Crippen LogP contribution in [0.5, 0.6) is 0 Å². The van der Waals surface area contributed by atoms with E-state index >= 15 is 0 Å². The standard InChI is InChI=1S/C70H96N10O24/c1-13-39-93-63(85)71-33-25-21-29-55(75-67(89)97-43-17-5)59(81)101-51(9)47-79(48-52(10)102-60(82)56(76-68(90)98-44-18-6)30-22-26-34-72-64(86)94-40-14-2)37-38-80(49-53(11)103-61(83)57(77-69(91)99-45-19-7)31-23-27-35-73-65(87)95-41-15-3)50-54(12)104-62(84)58(78-70(92)100-46-20-8)32-24-28-36-74-66(88)96-42-16-4/h1-8,51-58H,21-50H2,9-12H3,(H,71,85)(H,72,86)(H,73,87)(H,74,88)(H,75,89)(H,76,90)(H,77,91)(H,78,92). The Kier molecular flexibility index (Phi) is 52.6. The second-order valence-electron chi connectivity index (χ2n) is 22.2. The first kappa shape index (κ1) is 92.4. The van der Waals surface area contributed by atoms with Crippen LogP contribution in [0.4, 0.5) is 38.4 Å². The number of amides is 8. The maximum atomic E-state index is 14.1. The largest absolute Gasteiger partial charge is 0.460 e. The Morgan fingerprint density at radius 2 is 0.452 bits per heavy atom.